The standard InChI is InChI=1S/C7H7BrClNO/c1-11-7-2-5(9)4-10-6(7)3-8/h2,4H,3H2,1H3. The predicted molar refractivity (Wildman–Crippen MR) is 48.4 cm³/mol. The van der Waals surface area contributed by atoms with Crippen molar-refractivity contribution in [1.82, 2.24) is 4.98 Å². The van der Waals surface area contributed by atoms with E-state index in [1.165, 1.54) is 0 Å². The molecule has 0 saturated heterocycles. The van der Waals surface area contributed by atoms with E-state index in [0.717, 1.165) is 11.4 Å². The van der Waals surface area contributed by atoms with Crippen LogP contribution in [-0.4, -0.2) is 12.1 Å². The Balaban J connectivity index is 3.06. The molecule has 0 aliphatic rings. The van der Waals surface area contributed by atoms with Crippen LogP contribution < -0.4 is 4.74 Å². The van der Waals surface area contributed by atoms with Crippen molar-refractivity contribution in [3.63, 3.8) is 0 Å². The van der Waals surface area contributed by atoms with Gasteiger partial charge in [-0.2, -0.15) is 0 Å². The van der Waals surface area contributed by atoms with E-state index in [1.807, 2.05) is 0 Å². The van der Waals surface area contributed by atoms with Crippen LogP contribution in [-0.2, 0) is 5.33 Å². The Hall–Kier alpha value is -0.280. The molecule has 0 radical (unpaired) electrons. The number of nitrogens with zero attached hydrogens (tertiary/aromatic N) is 1. The number of alkyl halides is 1. The van der Waals surface area contributed by atoms with Gasteiger partial charge in [-0.1, -0.05) is 27.5 Å². The molecule has 60 valence electrons. The van der Waals surface area contributed by atoms with Gasteiger partial charge in [-0.05, 0) is 0 Å². The monoisotopic (exact) mass is 235 g/mol. The van der Waals surface area contributed by atoms with E-state index in [-0.39, 0.29) is 0 Å². The average Bonchev–Trinajstić information content (AvgIpc) is 2.04. The number of methoxy groups -OCH3 is 1. The molecule has 0 aromatic carbocycles. The van der Waals surface area contributed by atoms with Crippen LogP contribution in [0.5, 0.6) is 5.75 Å². The Kier molecular flexibility index (Phi) is 3.15. The van der Waals surface area contributed by atoms with Gasteiger partial charge in [0.25, 0.3) is 0 Å². The maximum Gasteiger partial charge on any atom is 0.142 e. The highest BCUT2D eigenvalue weighted by Gasteiger charge is 2.02. The third-order valence-corrected chi connectivity index (χ3v) is 1.98. The van der Waals surface area contributed by atoms with Crippen molar-refractivity contribution in [2.75, 3.05) is 7.11 Å². The molecule has 0 aliphatic heterocycles. The van der Waals surface area contributed by atoms with Gasteiger partial charge in [0.15, 0.2) is 0 Å². The maximum atomic E-state index is 5.69. The molecule has 0 atom stereocenters. The lowest BCUT2D eigenvalue weighted by Gasteiger charge is -2.03. The molecule has 1 aromatic rings. The molecule has 0 spiro atoms. The van der Waals surface area contributed by atoms with E-state index in [4.69, 9.17) is 16.3 Å². The lowest BCUT2D eigenvalue weighted by molar-refractivity contribution is 0.409. The fourth-order valence-electron chi connectivity index (χ4n) is 0.726. The number of pyridine rings is 1. The summed E-state index contributed by atoms with van der Waals surface area (Å²) >= 11 is 8.98. The second-order valence-corrected chi connectivity index (χ2v) is 2.93. The summed E-state index contributed by atoms with van der Waals surface area (Å²) in [6.07, 6.45) is 1.60. The number of hydrogen-bond donors (Lipinski definition) is 0. The normalized spacial score (nSPS) is 9.73. The van der Waals surface area contributed by atoms with Crippen molar-refractivity contribution in [2.45, 2.75) is 5.33 Å². The number of rotatable bonds is 2. The van der Waals surface area contributed by atoms with Crippen molar-refractivity contribution in [1.29, 1.82) is 0 Å². The Labute approximate surface area is 78.7 Å². The van der Waals surface area contributed by atoms with Crippen molar-refractivity contribution in [2.24, 2.45) is 0 Å². The zero-order valence-corrected chi connectivity index (χ0v) is 8.32. The van der Waals surface area contributed by atoms with Crippen LogP contribution >= 0.6 is 27.5 Å². The second-order valence-electron chi connectivity index (χ2n) is 1.94. The first-order valence-electron chi connectivity index (χ1n) is 3.02. The van der Waals surface area contributed by atoms with Crippen LogP contribution in [0.4, 0.5) is 0 Å². The van der Waals surface area contributed by atoms with E-state index >= 15 is 0 Å². The summed E-state index contributed by atoms with van der Waals surface area (Å²) in [5, 5.41) is 1.26. The van der Waals surface area contributed by atoms with Crippen LogP contribution in [0.2, 0.25) is 5.02 Å². The molecule has 0 aliphatic carbocycles. The minimum Gasteiger partial charge on any atom is -0.495 e. The average molecular weight is 236 g/mol. The number of ether oxygens (including phenoxy) is 1. The first-order valence-corrected chi connectivity index (χ1v) is 4.52. The van der Waals surface area contributed by atoms with E-state index in [2.05, 4.69) is 20.9 Å². The summed E-state index contributed by atoms with van der Waals surface area (Å²) < 4.78 is 5.04. The molecule has 0 saturated carbocycles. The molecule has 4 heteroatoms. The van der Waals surface area contributed by atoms with Gasteiger partial charge in [0.2, 0.25) is 0 Å². The van der Waals surface area contributed by atoms with Gasteiger partial charge in [0.1, 0.15) is 5.75 Å². The van der Waals surface area contributed by atoms with Crippen molar-refractivity contribution in [3.8, 4) is 5.75 Å². The summed E-state index contributed by atoms with van der Waals surface area (Å²) in [5.74, 6) is 0.717. The third kappa shape index (κ3) is 2.07. The summed E-state index contributed by atoms with van der Waals surface area (Å²) in [7, 11) is 1.60. The first-order chi connectivity index (χ1) is 5.27. The van der Waals surface area contributed by atoms with Gasteiger partial charge < -0.3 is 4.74 Å². The SMILES string of the molecule is COc1cc(Cl)cnc1CBr. The van der Waals surface area contributed by atoms with Crippen molar-refractivity contribution in [3.05, 3.63) is 23.0 Å². The second kappa shape index (κ2) is 3.93. The lowest BCUT2D eigenvalue weighted by atomic mass is 10.3. The zero-order chi connectivity index (χ0) is 8.27. The van der Waals surface area contributed by atoms with E-state index in [9.17, 15) is 0 Å². The van der Waals surface area contributed by atoms with Crippen molar-refractivity contribution >= 4 is 27.5 Å². The van der Waals surface area contributed by atoms with Crippen LogP contribution in [0.15, 0.2) is 12.3 Å². The van der Waals surface area contributed by atoms with Gasteiger partial charge in [-0.15, -0.1) is 0 Å². The Morgan fingerprint density at radius 3 is 3.00 bits per heavy atom. The van der Waals surface area contributed by atoms with E-state index in [1.54, 1.807) is 19.4 Å². The van der Waals surface area contributed by atoms with Gasteiger partial charge in [-0.3, -0.25) is 4.98 Å². The molecule has 0 bridgehead atoms. The molecule has 0 fully saturated rings. The lowest BCUT2D eigenvalue weighted by Crippen LogP contribution is -1.91. The molecule has 1 aromatic heterocycles. The first kappa shape index (κ1) is 8.81. The minimum absolute atomic E-state index is 0.589. The summed E-state index contributed by atoms with van der Waals surface area (Å²) in [5.41, 5.74) is 0.858. The highest BCUT2D eigenvalue weighted by molar-refractivity contribution is 9.08. The molecule has 0 N–H and O–H groups in total. The van der Waals surface area contributed by atoms with Gasteiger partial charge in [0.05, 0.1) is 17.8 Å². The molecule has 2 nitrogen and oxygen atoms in total. The van der Waals surface area contributed by atoms with E-state index in [0.29, 0.717) is 10.4 Å². The quantitative estimate of drug-likeness (QED) is 0.737. The molecular formula is C7H7BrClNO. The third-order valence-electron chi connectivity index (χ3n) is 1.24. The predicted octanol–water partition coefficient (Wildman–Crippen LogP) is 2.64. The largest absolute Gasteiger partial charge is 0.495 e. The van der Waals surface area contributed by atoms with Crippen LogP contribution in [0.25, 0.3) is 0 Å². The fourth-order valence-corrected chi connectivity index (χ4v) is 1.30. The Morgan fingerprint density at radius 1 is 1.73 bits per heavy atom. The van der Waals surface area contributed by atoms with Crippen LogP contribution in [0, 0.1) is 0 Å². The zero-order valence-electron chi connectivity index (χ0n) is 5.97. The summed E-state index contributed by atoms with van der Waals surface area (Å²) in [6, 6.07) is 1.74. The topological polar surface area (TPSA) is 22.1 Å². The summed E-state index contributed by atoms with van der Waals surface area (Å²) in [6.45, 7) is 0. The number of hydrogen-bond acceptors (Lipinski definition) is 2. The maximum absolute atomic E-state index is 5.69. The fraction of sp³-hybridized carbons (Fsp3) is 0.286. The van der Waals surface area contributed by atoms with E-state index < -0.39 is 0 Å². The van der Waals surface area contributed by atoms with Crippen molar-refractivity contribution < 1.29 is 4.74 Å². The summed E-state index contributed by atoms with van der Waals surface area (Å²) in [4.78, 5) is 4.06. The molecule has 1 rings (SSSR count). The highest BCUT2D eigenvalue weighted by Crippen LogP contribution is 2.21. The molecule has 0 unspecified atom stereocenters. The van der Waals surface area contributed by atoms with Crippen LogP contribution in [0.1, 0.15) is 5.69 Å². The smallest absolute Gasteiger partial charge is 0.142 e. The highest BCUT2D eigenvalue weighted by atomic mass is 79.9. The molecule has 1 heterocycles. The molecule has 0 amide bonds. The number of halogens is 2. The Morgan fingerprint density at radius 2 is 2.45 bits per heavy atom. The van der Waals surface area contributed by atoms with Crippen LogP contribution in [0.3, 0.4) is 0 Å². The minimum atomic E-state index is 0.589. The molecular weight excluding hydrogens is 229 g/mol. The Bertz CT molecular complexity index is 254. The van der Waals surface area contributed by atoms with Gasteiger partial charge >= 0.3 is 0 Å². The molecule has 11 heavy (non-hydrogen) atoms. The van der Waals surface area contributed by atoms with Gasteiger partial charge in [-0.25, -0.2) is 0 Å². The number of aromatic nitrogens is 1. The van der Waals surface area contributed by atoms with Gasteiger partial charge in [0, 0.05) is 17.6 Å².